The number of nitrogens with one attached hydrogen (secondary N) is 1. The molecule has 0 saturated carbocycles. The lowest BCUT2D eigenvalue weighted by atomic mass is 9.98. The van der Waals surface area contributed by atoms with Crippen LogP contribution in [0, 0.1) is 18.8 Å². The molecule has 1 fully saturated rings. The van der Waals surface area contributed by atoms with E-state index in [9.17, 15) is 9.59 Å². The highest BCUT2D eigenvalue weighted by Gasteiger charge is 2.38. The van der Waals surface area contributed by atoms with Gasteiger partial charge in [0.25, 0.3) is 0 Å². The Morgan fingerprint density at radius 1 is 1.30 bits per heavy atom. The predicted octanol–water partition coefficient (Wildman–Crippen LogP) is 4.55. The Bertz CT molecular complexity index is 1050. The van der Waals surface area contributed by atoms with E-state index in [1.807, 2.05) is 17.0 Å². The third-order valence-electron chi connectivity index (χ3n) is 6.19. The van der Waals surface area contributed by atoms with E-state index in [2.05, 4.69) is 34.1 Å². The smallest absolute Gasteiger partial charge is 0.246 e. The van der Waals surface area contributed by atoms with E-state index in [-0.39, 0.29) is 19.2 Å². The molecule has 30 heavy (non-hydrogen) atoms. The molecule has 0 spiro atoms. The zero-order valence-corrected chi connectivity index (χ0v) is 17.2. The van der Waals surface area contributed by atoms with Crippen LogP contribution in [-0.4, -0.2) is 34.8 Å². The summed E-state index contributed by atoms with van der Waals surface area (Å²) in [6.45, 7) is 3.80. The van der Waals surface area contributed by atoms with Crippen molar-refractivity contribution in [3.63, 3.8) is 0 Å². The SMILES string of the molecule is C.Cc1cscc1C1=CC2CN(C(=O)/C=C/c3cnc4c(c3)CCC(=O)N4)CC2C1. The number of aromatic nitrogens is 1. The summed E-state index contributed by atoms with van der Waals surface area (Å²) in [5, 5.41) is 7.23. The number of nitrogens with zero attached hydrogens (tertiary/aromatic N) is 2. The van der Waals surface area contributed by atoms with Crippen molar-refractivity contribution in [2.24, 2.45) is 11.8 Å². The summed E-state index contributed by atoms with van der Waals surface area (Å²) in [4.78, 5) is 30.4. The molecule has 1 N–H and O–H groups in total. The van der Waals surface area contributed by atoms with E-state index in [0.717, 1.165) is 30.6 Å². The minimum atomic E-state index is 0. The number of carbonyl (C=O) groups excluding carboxylic acids is 2. The van der Waals surface area contributed by atoms with E-state index in [1.165, 1.54) is 16.7 Å². The molecule has 2 unspecified atom stereocenters. The fraction of sp³-hybridized carbons (Fsp3) is 0.375. The second kappa shape index (κ2) is 8.19. The molecule has 4 heterocycles. The van der Waals surface area contributed by atoms with Gasteiger partial charge in [-0.1, -0.05) is 13.5 Å². The molecular weight excluding hydrogens is 394 g/mol. The summed E-state index contributed by atoms with van der Waals surface area (Å²) in [6.07, 6.45) is 9.81. The van der Waals surface area contributed by atoms with Crippen molar-refractivity contribution in [2.75, 3.05) is 18.4 Å². The first-order valence-electron chi connectivity index (χ1n) is 10.1. The Hall–Kier alpha value is -2.73. The van der Waals surface area contributed by atoms with Gasteiger partial charge in [-0.3, -0.25) is 9.59 Å². The lowest BCUT2D eigenvalue weighted by Crippen LogP contribution is -2.27. The van der Waals surface area contributed by atoms with Crippen LogP contribution in [0.15, 0.2) is 35.2 Å². The third-order valence-corrected chi connectivity index (χ3v) is 7.05. The summed E-state index contributed by atoms with van der Waals surface area (Å²) < 4.78 is 0. The number of pyridine rings is 1. The number of hydrogen-bond acceptors (Lipinski definition) is 4. The minimum absolute atomic E-state index is 0. The van der Waals surface area contributed by atoms with Crippen LogP contribution in [0.2, 0.25) is 0 Å². The number of anilines is 1. The Labute approximate surface area is 181 Å². The number of aryl methyl sites for hydroxylation is 2. The van der Waals surface area contributed by atoms with E-state index in [0.29, 0.717) is 30.5 Å². The number of hydrogen-bond donors (Lipinski definition) is 1. The third kappa shape index (κ3) is 3.84. The Kier molecular flexibility index (Phi) is 5.60. The molecule has 1 aliphatic carbocycles. The van der Waals surface area contributed by atoms with Crippen LogP contribution in [0.5, 0.6) is 0 Å². The van der Waals surface area contributed by atoms with Crippen molar-refractivity contribution in [3.05, 3.63) is 57.4 Å². The van der Waals surface area contributed by atoms with Crippen molar-refractivity contribution < 1.29 is 9.59 Å². The molecule has 156 valence electrons. The molecule has 2 aromatic rings. The molecule has 5 nitrogen and oxygen atoms in total. The van der Waals surface area contributed by atoms with Gasteiger partial charge in [0.2, 0.25) is 11.8 Å². The summed E-state index contributed by atoms with van der Waals surface area (Å²) in [5.74, 6) is 1.72. The summed E-state index contributed by atoms with van der Waals surface area (Å²) >= 11 is 1.76. The Morgan fingerprint density at radius 3 is 2.93 bits per heavy atom. The van der Waals surface area contributed by atoms with Crippen LogP contribution >= 0.6 is 11.3 Å². The van der Waals surface area contributed by atoms with Gasteiger partial charge in [0.15, 0.2) is 0 Å². The van der Waals surface area contributed by atoms with Crippen LogP contribution in [0.3, 0.4) is 0 Å². The van der Waals surface area contributed by atoms with E-state index in [4.69, 9.17) is 0 Å². The fourth-order valence-electron chi connectivity index (χ4n) is 4.62. The van der Waals surface area contributed by atoms with Crippen molar-refractivity contribution in [2.45, 2.75) is 33.6 Å². The average Bonchev–Trinajstić information content (AvgIpc) is 3.40. The van der Waals surface area contributed by atoms with E-state index in [1.54, 1.807) is 23.6 Å². The summed E-state index contributed by atoms with van der Waals surface area (Å²) in [7, 11) is 0. The fourth-order valence-corrected chi connectivity index (χ4v) is 5.49. The first kappa shape index (κ1) is 20.5. The second-order valence-electron chi connectivity index (χ2n) is 8.19. The molecule has 0 bridgehead atoms. The molecule has 2 aliphatic heterocycles. The molecule has 2 aromatic heterocycles. The zero-order valence-electron chi connectivity index (χ0n) is 16.4. The van der Waals surface area contributed by atoms with Crippen molar-refractivity contribution in [1.82, 2.24) is 9.88 Å². The maximum atomic E-state index is 12.7. The number of carbonyl (C=O) groups is 2. The van der Waals surface area contributed by atoms with Crippen LogP contribution in [-0.2, 0) is 16.0 Å². The Balaban J connectivity index is 0.00000218. The van der Waals surface area contributed by atoms with Gasteiger partial charge in [0.1, 0.15) is 5.82 Å². The highest BCUT2D eigenvalue weighted by atomic mass is 32.1. The maximum absolute atomic E-state index is 12.7. The topological polar surface area (TPSA) is 62.3 Å². The van der Waals surface area contributed by atoms with Gasteiger partial charge in [-0.15, -0.1) is 0 Å². The van der Waals surface area contributed by atoms with E-state index < -0.39 is 0 Å². The molecule has 0 radical (unpaired) electrons. The number of fused-ring (bicyclic) bond motifs is 2. The van der Waals surface area contributed by atoms with E-state index >= 15 is 0 Å². The normalized spacial score (nSPS) is 22.4. The zero-order chi connectivity index (χ0) is 20.0. The molecule has 1 saturated heterocycles. The van der Waals surface area contributed by atoms with Crippen LogP contribution in [0.25, 0.3) is 11.6 Å². The van der Waals surface area contributed by atoms with Crippen LogP contribution in [0.4, 0.5) is 5.82 Å². The monoisotopic (exact) mass is 421 g/mol. The lowest BCUT2D eigenvalue weighted by Gasteiger charge is -2.16. The largest absolute Gasteiger partial charge is 0.338 e. The van der Waals surface area contributed by atoms with Gasteiger partial charge >= 0.3 is 0 Å². The van der Waals surface area contributed by atoms with Gasteiger partial charge in [-0.2, -0.15) is 11.3 Å². The molecule has 2 amide bonds. The average molecular weight is 422 g/mol. The molecule has 5 rings (SSSR count). The molecule has 3 aliphatic rings. The highest BCUT2D eigenvalue weighted by molar-refractivity contribution is 7.08. The lowest BCUT2D eigenvalue weighted by molar-refractivity contribution is -0.125. The van der Waals surface area contributed by atoms with Crippen LogP contribution in [0.1, 0.15) is 42.5 Å². The highest BCUT2D eigenvalue weighted by Crippen LogP contribution is 2.42. The standard InChI is InChI=1S/C23H23N3O2S.CH4/c1-14-12-29-13-20(14)17-7-18-10-26(11-19(18)8-17)22(28)5-2-15-6-16-3-4-21(27)25-23(16)24-9-15;/h2,5-7,9,12-13,18-19H,3-4,8,10-11H2,1H3,(H,24,25,27);1H4/b5-2+;. The first-order valence-corrected chi connectivity index (χ1v) is 11.0. The summed E-state index contributed by atoms with van der Waals surface area (Å²) in [5.41, 5.74) is 6.11. The van der Waals surface area contributed by atoms with Gasteiger partial charge < -0.3 is 10.2 Å². The maximum Gasteiger partial charge on any atom is 0.246 e. The van der Waals surface area contributed by atoms with Gasteiger partial charge in [-0.05, 0) is 82.3 Å². The van der Waals surface area contributed by atoms with Gasteiger partial charge in [0, 0.05) is 31.8 Å². The number of thiophene rings is 1. The van der Waals surface area contributed by atoms with Crippen molar-refractivity contribution in [3.8, 4) is 0 Å². The van der Waals surface area contributed by atoms with Gasteiger partial charge in [0.05, 0.1) is 0 Å². The molecule has 2 atom stereocenters. The quantitative estimate of drug-likeness (QED) is 0.740. The Morgan fingerprint density at radius 2 is 2.17 bits per heavy atom. The second-order valence-corrected chi connectivity index (χ2v) is 8.93. The van der Waals surface area contributed by atoms with Gasteiger partial charge in [-0.25, -0.2) is 4.98 Å². The molecule has 0 aromatic carbocycles. The number of rotatable bonds is 3. The number of allylic oxidation sites excluding steroid dienone is 1. The molecule has 6 heteroatoms. The minimum Gasteiger partial charge on any atom is -0.338 e. The number of likely N-dealkylation sites (tertiary alicyclic amines) is 1. The van der Waals surface area contributed by atoms with Crippen molar-refractivity contribution in [1.29, 1.82) is 0 Å². The predicted molar refractivity (Wildman–Crippen MR) is 122 cm³/mol. The van der Waals surface area contributed by atoms with Crippen molar-refractivity contribution >= 4 is 40.6 Å². The number of amides is 2. The van der Waals surface area contributed by atoms with Crippen LogP contribution < -0.4 is 5.32 Å². The summed E-state index contributed by atoms with van der Waals surface area (Å²) in [6, 6.07) is 2.00. The molecular formula is C24H27N3O2S. The first-order chi connectivity index (χ1) is 14.1.